The zero-order valence-corrected chi connectivity index (χ0v) is 21.6. The van der Waals surface area contributed by atoms with Crippen molar-refractivity contribution in [1.29, 1.82) is 0 Å². The lowest BCUT2D eigenvalue weighted by molar-refractivity contribution is -0.0546. The number of piperazine rings is 1. The SMILES string of the molecule is CCS(=O)(=O)N1CCN(Cc2cnc(NC(O)N(C3CCCCC3)C3CCCCC3)s2)CC1. The topological polar surface area (TPSA) is 89.0 Å². The fourth-order valence-electron chi connectivity index (χ4n) is 5.66. The van der Waals surface area contributed by atoms with Gasteiger partial charge in [-0.2, -0.15) is 4.31 Å². The number of nitrogens with zero attached hydrogens (tertiary/aromatic N) is 4. The molecule has 1 aromatic heterocycles. The van der Waals surface area contributed by atoms with E-state index < -0.39 is 16.4 Å². The number of aliphatic hydroxyl groups excluding tert-OH is 1. The number of hydrogen-bond acceptors (Lipinski definition) is 8. The molecule has 0 aromatic carbocycles. The van der Waals surface area contributed by atoms with E-state index in [9.17, 15) is 13.5 Å². The number of hydrogen-bond donors (Lipinski definition) is 2. The minimum Gasteiger partial charge on any atom is -0.361 e. The lowest BCUT2D eigenvalue weighted by Crippen LogP contribution is -2.53. The third-order valence-electron chi connectivity index (χ3n) is 7.55. The summed E-state index contributed by atoms with van der Waals surface area (Å²) in [6.07, 6.45) is 13.6. The van der Waals surface area contributed by atoms with Gasteiger partial charge in [0.2, 0.25) is 10.0 Å². The van der Waals surface area contributed by atoms with Crippen LogP contribution in [0.3, 0.4) is 0 Å². The summed E-state index contributed by atoms with van der Waals surface area (Å²) in [7, 11) is -3.10. The number of aliphatic hydroxyl groups is 1. The lowest BCUT2D eigenvalue weighted by atomic mass is 9.89. The highest BCUT2D eigenvalue weighted by Crippen LogP contribution is 2.32. The number of nitrogens with one attached hydrogen (secondary N) is 1. The van der Waals surface area contributed by atoms with Gasteiger partial charge in [0, 0.05) is 55.9 Å². The van der Waals surface area contributed by atoms with Crippen molar-refractivity contribution in [2.24, 2.45) is 0 Å². The van der Waals surface area contributed by atoms with E-state index in [1.807, 2.05) is 6.20 Å². The summed E-state index contributed by atoms with van der Waals surface area (Å²) in [4.78, 5) is 10.3. The summed E-state index contributed by atoms with van der Waals surface area (Å²) in [5.41, 5.74) is 0. The fraction of sp³-hybridized carbons (Fsp3) is 0.870. The normalized spacial score (nSPS) is 23.7. The van der Waals surface area contributed by atoms with Crippen LogP contribution in [-0.4, -0.2) is 83.0 Å². The molecule has 1 aliphatic heterocycles. The molecule has 2 aliphatic carbocycles. The number of rotatable bonds is 9. The summed E-state index contributed by atoms with van der Waals surface area (Å²) in [5.74, 6) is 0.165. The monoisotopic (exact) mass is 499 g/mol. The zero-order chi connectivity index (χ0) is 23.3. The van der Waals surface area contributed by atoms with E-state index in [2.05, 4.69) is 20.1 Å². The maximum Gasteiger partial charge on any atom is 0.213 e. The molecule has 3 aliphatic rings. The van der Waals surface area contributed by atoms with E-state index in [0.29, 0.717) is 25.2 Å². The van der Waals surface area contributed by atoms with Gasteiger partial charge in [-0.25, -0.2) is 13.4 Å². The molecule has 0 spiro atoms. The molecule has 0 bridgehead atoms. The van der Waals surface area contributed by atoms with Crippen LogP contribution in [0.25, 0.3) is 0 Å². The second-order valence-corrected chi connectivity index (χ2v) is 13.1. The van der Waals surface area contributed by atoms with E-state index in [4.69, 9.17) is 0 Å². The van der Waals surface area contributed by atoms with E-state index in [0.717, 1.165) is 29.6 Å². The van der Waals surface area contributed by atoms with Crippen molar-refractivity contribution in [3.05, 3.63) is 11.1 Å². The molecule has 4 rings (SSSR count). The highest BCUT2D eigenvalue weighted by Gasteiger charge is 2.33. The van der Waals surface area contributed by atoms with Gasteiger partial charge in [-0.15, -0.1) is 11.3 Å². The lowest BCUT2D eigenvalue weighted by Gasteiger charge is -2.44. The summed E-state index contributed by atoms with van der Waals surface area (Å²) < 4.78 is 25.7. The van der Waals surface area contributed by atoms with Gasteiger partial charge in [0.05, 0.1) is 5.75 Å². The van der Waals surface area contributed by atoms with Gasteiger partial charge in [-0.3, -0.25) is 9.80 Å². The Kier molecular flexibility index (Phi) is 9.03. The van der Waals surface area contributed by atoms with Crippen molar-refractivity contribution in [1.82, 2.24) is 19.1 Å². The van der Waals surface area contributed by atoms with Crippen molar-refractivity contribution >= 4 is 26.5 Å². The average Bonchev–Trinajstić information content (AvgIpc) is 3.27. The Morgan fingerprint density at radius 2 is 1.64 bits per heavy atom. The van der Waals surface area contributed by atoms with Crippen LogP contribution in [0.15, 0.2) is 6.20 Å². The Labute approximate surface area is 203 Å². The quantitative estimate of drug-likeness (QED) is 0.504. The Hall–Kier alpha value is -0.780. The molecule has 1 unspecified atom stereocenters. The van der Waals surface area contributed by atoms with Crippen LogP contribution in [0, 0.1) is 0 Å². The molecule has 8 nitrogen and oxygen atoms in total. The largest absolute Gasteiger partial charge is 0.361 e. The van der Waals surface area contributed by atoms with Crippen LogP contribution in [0.4, 0.5) is 5.13 Å². The molecule has 2 saturated carbocycles. The van der Waals surface area contributed by atoms with E-state index in [1.54, 1.807) is 22.6 Å². The molecular weight excluding hydrogens is 458 g/mol. The third-order valence-corrected chi connectivity index (χ3v) is 10.3. The first-order chi connectivity index (χ1) is 16.0. The summed E-state index contributed by atoms with van der Waals surface area (Å²) in [6, 6.07) is 0.916. The van der Waals surface area contributed by atoms with E-state index in [-0.39, 0.29) is 5.75 Å². The van der Waals surface area contributed by atoms with Crippen LogP contribution < -0.4 is 5.32 Å². The highest BCUT2D eigenvalue weighted by atomic mass is 32.2. The first kappa shape index (κ1) is 25.3. The molecule has 0 amide bonds. The maximum absolute atomic E-state index is 12.1. The molecule has 0 radical (unpaired) electrons. The maximum atomic E-state index is 12.1. The smallest absolute Gasteiger partial charge is 0.213 e. The van der Waals surface area contributed by atoms with Crippen LogP contribution in [0.1, 0.15) is 76.0 Å². The number of thiazole rings is 1. The highest BCUT2D eigenvalue weighted by molar-refractivity contribution is 7.89. The van der Waals surface area contributed by atoms with Crippen molar-refractivity contribution in [3.8, 4) is 0 Å². The van der Waals surface area contributed by atoms with Crippen LogP contribution in [0.2, 0.25) is 0 Å². The van der Waals surface area contributed by atoms with Crippen molar-refractivity contribution in [2.45, 2.75) is 96.1 Å². The van der Waals surface area contributed by atoms with Crippen molar-refractivity contribution in [3.63, 3.8) is 0 Å². The summed E-state index contributed by atoms with van der Waals surface area (Å²) in [6.45, 7) is 5.04. The van der Waals surface area contributed by atoms with E-state index in [1.165, 1.54) is 64.2 Å². The predicted octanol–water partition coefficient (Wildman–Crippen LogP) is 3.27. The first-order valence-electron chi connectivity index (χ1n) is 12.8. The van der Waals surface area contributed by atoms with Gasteiger partial charge >= 0.3 is 0 Å². The fourth-order valence-corrected chi connectivity index (χ4v) is 7.61. The molecule has 1 saturated heterocycles. The van der Waals surface area contributed by atoms with Crippen molar-refractivity contribution in [2.75, 3.05) is 37.2 Å². The molecule has 10 heteroatoms. The van der Waals surface area contributed by atoms with E-state index >= 15 is 0 Å². The minimum absolute atomic E-state index is 0.165. The second-order valence-electron chi connectivity index (χ2n) is 9.76. The molecular formula is C23H41N5O3S2. The molecule has 188 valence electrons. The first-order valence-corrected chi connectivity index (χ1v) is 15.3. The molecule has 2 heterocycles. The van der Waals surface area contributed by atoms with Crippen LogP contribution >= 0.6 is 11.3 Å². The molecule has 1 atom stereocenters. The van der Waals surface area contributed by atoms with Gasteiger partial charge in [0.1, 0.15) is 0 Å². The third kappa shape index (κ3) is 6.67. The van der Waals surface area contributed by atoms with Crippen LogP contribution in [-0.2, 0) is 16.6 Å². The summed E-state index contributed by atoms with van der Waals surface area (Å²) in [5, 5.41) is 15.3. The Bertz CT molecular complexity index is 811. The minimum atomic E-state index is -3.10. The summed E-state index contributed by atoms with van der Waals surface area (Å²) >= 11 is 1.59. The standard InChI is InChI=1S/C23H41N5O3S2/c1-2-33(30,31)27-15-13-26(14-16-27)18-21-17-24-22(32-21)25-23(29)28(19-9-5-3-6-10-19)20-11-7-4-8-12-20/h17,19-20,23,29H,2-16,18H2,1H3,(H,24,25). The average molecular weight is 500 g/mol. The second kappa shape index (κ2) is 11.8. The zero-order valence-electron chi connectivity index (χ0n) is 20.0. The molecule has 3 fully saturated rings. The number of aromatic nitrogens is 1. The van der Waals surface area contributed by atoms with Gasteiger partial charge in [0.15, 0.2) is 11.5 Å². The Morgan fingerprint density at radius 1 is 1.06 bits per heavy atom. The molecule has 33 heavy (non-hydrogen) atoms. The van der Waals surface area contributed by atoms with Crippen molar-refractivity contribution < 1.29 is 13.5 Å². The predicted molar refractivity (Wildman–Crippen MR) is 134 cm³/mol. The molecule has 1 aromatic rings. The Balaban J connectivity index is 1.33. The van der Waals surface area contributed by atoms with Gasteiger partial charge in [0.25, 0.3) is 0 Å². The van der Waals surface area contributed by atoms with Gasteiger partial charge in [-0.1, -0.05) is 38.5 Å². The number of anilines is 1. The van der Waals surface area contributed by atoms with Gasteiger partial charge in [-0.05, 0) is 32.6 Å². The number of sulfonamides is 1. The van der Waals surface area contributed by atoms with Gasteiger partial charge < -0.3 is 10.4 Å². The Morgan fingerprint density at radius 3 is 2.18 bits per heavy atom. The molecule has 2 N–H and O–H groups in total. The van der Waals surface area contributed by atoms with Crippen LogP contribution in [0.5, 0.6) is 0 Å².